The van der Waals surface area contributed by atoms with Gasteiger partial charge in [-0.2, -0.15) is 0 Å². The molecule has 1 heteroatoms. The van der Waals surface area contributed by atoms with Gasteiger partial charge in [-0.05, 0) is 6.42 Å². The maximum atomic E-state index is 3.51. The Morgan fingerprint density at radius 1 is 0.267 bits per heavy atom. The molecule has 0 aromatic carbocycles. The molecule has 0 spiro atoms. The van der Waals surface area contributed by atoms with Crippen molar-refractivity contribution in [1.82, 2.24) is 0 Å². The van der Waals surface area contributed by atoms with Gasteiger partial charge in [0.25, 0.3) is 0 Å². The molecule has 0 aromatic rings. The maximum absolute atomic E-state index is 3.51. The first-order valence-electron chi connectivity index (χ1n) is 14.5. The third kappa shape index (κ3) is 28.5. The lowest BCUT2D eigenvalue weighted by Crippen LogP contribution is -1.85. The van der Waals surface area contributed by atoms with Gasteiger partial charge in [-0.15, -0.1) is 0 Å². The summed E-state index contributed by atoms with van der Waals surface area (Å²) in [6, 6.07) is 0. The summed E-state index contributed by atoms with van der Waals surface area (Å²) in [6.45, 7) is 2.30. The van der Waals surface area contributed by atoms with Crippen molar-refractivity contribution in [1.29, 1.82) is 0 Å². The Balaban J connectivity index is 2.97. The Bertz CT molecular complexity index is 248. The summed E-state index contributed by atoms with van der Waals surface area (Å²) in [6.07, 6.45) is 39.7. The molecular formula is C29H59Br. The van der Waals surface area contributed by atoms with Gasteiger partial charge in [-0.3, -0.25) is 0 Å². The summed E-state index contributed by atoms with van der Waals surface area (Å²) in [5, 5.41) is 1.19. The van der Waals surface area contributed by atoms with Crippen LogP contribution in [0.15, 0.2) is 0 Å². The van der Waals surface area contributed by atoms with Gasteiger partial charge in [0.1, 0.15) is 0 Å². The molecule has 0 rings (SSSR count). The highest BCUT2D eigenvalue weighted by atomic mass is 79.9. The van der Waals surface area contributed by atoms with Crippen molar-refractivity contribution in [2.45, 2.75) is 180 Å². The molecule has 0 N–H and O–H groups in total. The molecule has 0 amide bonds. The third-order valence-electron chi connectivity index (χ3n) is 6.74. The molecule has 0 aliphatic heterocycles. The van der Waals surface area contributed by atoms with Crippen molar-refractivity contribution >= 4 is 15.9 Å². The van der Waals surface area contributed by atoms with Crippen LogP contribution in [-0.4, -0.2) is 5.33 Å². The zero-order valence-electron chi connectivity index (χ0n) is 21.2. The van der Waals surface area contributed by atoms with Crippen LogP contribution >= 0.6 is 15.9 Å². The van der Waals surface area contributed by atoms with Gasteiger partial charge in [-0.25, -0.2) is 0 Å². The number of alkyl halides is 1. The van der Waals surface area contributed by atoms with Crippen LogP contribution in [0.1, 0.15) is 180 Å². The SMILES string of the molecule is CCCCCCCCCCCCCCCCCCCCCCCCCCCCCBr. The van der Waals surface area contributed by atoms with Gasteiger partial charge in [0, 0.05) is 5.33 Å². The minimum absolute atomic E-state index is 1.19. The lowest BCUT2D eigenvalue weighted by Gasteiger charge is -2.04. The molecule has 0 aliphatic rings. The Kier molecular flexibility index (Phi) is 30.0. The van der Waals surface area contributed by atoms with E-state index in [0.717, 1.165) is 0 Å². The average Bonchev–Trinajstić information content (AvgIpc) is 2.76. The van der Waals surface area contributed by atoms with Crippen molar-refractivity contribution in [3.63, 3.8) is 0 Å². The zero-order valence-corrected chi connectivity index (χ0v) is 22.8. The fraction of sp³-hybridized carbons (Fsp3) is 1.00. The van der Waals surface area contributed by atoms with Gasteiger partial charge in [0.05, 0.1) is 0 Å². The van der Waals surface area contributed by atoms with Crippen LogP contribution < -0.4 is 0 Å². The largest absolute Gasteiger partial charge is 0.0928 e. The van der Waals surface area contributed by atoms with E-state index in [1.54, 1.807) is 0 Å². The summed E-state index contributed by atoms with van der Waals surface area (Å²) in [5.74, 6) is 0. The molecule has 0 bridgehead atoms. The van der Waals surface area contributed by atoms with Crippen molar-refractivity contribution < 1.29 is 0 Å². The van der Waals surface area contributed by atoms with Crippen LogP contribution in [0, 0.1) is 0 Å². The molecule has 182 valence electrons. The van der Waals surface area contributed by atoms with E-state index in [-0.39, 0.29) is 0 Å². The quantitative estimate of drug-likeness (QED) is 0.0798. The van der Waals surface area contributed by atoms with Crippen molar-refractivity contribution in [3.8, 4) is 0 Å². The summed E-state index contributed by atoms with van der Waals surface area (Å²) in [5.41, 5.74) is 0. The first-order chi connectivity index (χ1) is 14.9. The summed E-state index contributed by atoms with van der Waals surface area (Å²) < 4.78 is 0. The predicted molar refractivity (Wildman–Crippen MR) is 144 cm³/mol. The normalized spacial score (nSPS) is 11.4. The van der Waals surface area contributed by atoms with Gasteiger partial charge in [-0.1, -0.05) is 190 Å². The van der Waals surface area contributed by atoms with Crippen LogP contribution in [0.25, 0.3) is 0 Å². The van der Waals surface area contributed by atoms with E-state index in [1.165, 1.54) is 179 Å². The van der Waals surface area contributed by atoms with E-state index in [2.05, 4.69) is 22.9 Å². The molecule has 0 saturated heterocycles. The lowest BCUT2D eigenvalue weighted by atomic mass is 10.0. The smallest absolute Gasteiger partial charge is 0.00313 e. The average molecular weight is 488 g/mol. The molecule has 0 heterocycles. The minimum Gasteiger partial charge on any atom is -0.0928 e. The monoisotopic (exact) mass is 486 g/mol. The van der Waals surface area contributed by atoms with Crippen LogP contribution in [0.2, 0.25) is 0 Å². The van der Waals surface area contributed by atoms with Crippen molar-refractivity contribution in [2.24, 2.45) is 0 Å². The second-order valence-electron chi connectivity index (χ2n) is 9.88. The van der Waals surface area contributed by atoms with Gasteiger partial charge < -0.3 is 0 Å². The number of unbranched alkanes of at least 4 members (excludes halogenated alkanes) is 26. The van der Waals surface area contributed by atoms with Crippen molar-refractivity contribution in [2.75, 3.05) is 5.33 Å². The predicted octanol–water partition coefficient (Wildman–Crippen LogP) is 11.9. The van der Waals surface area contributed by atoms with Crippen LogP contribution in [0.4, 0.5) is 0 Å². The Labute approximate surface area is 201 Å². The highest BCUT2D eigenvalue weighted by Gasteiger charge is 1.96. The maximum Gasteiger partial charge on any atom is 0.00313 e. The number of hydrogen-bond donors (Lipinski definition) is 0. The summed E-state index contributed by atoms with van der Waals surface area (Å²) in [7, 11) is 0. The first-order valence-corrected chi connectivity index (χ1v) is 15.6. The van der Waals surface area contributed by atoms with E-state index >= 15 is 0 Å². The molecule has 0 saturated carbocycles. The molecule has 0 fully saturated rings. The van der Waals surface area contributed by atoms with Gasteiger partial charge >= 0.3 is 0 Å². The Morgan fingerprint density at radius 2 is 0.433 bits per heavy atom. The lowest BCUT2D eigenvalue weighted by molar-refractivity contribution is 0.515. The highest BCUT2D eigenvalue weighted by molar-refractivity contribution is 9.09. The van der Waals surface area contributed by atoms with E-state index in [4.69, 9.17) is 0 Å². The van der Waals surface area contributed by atoms with Crippen LogP contribution in [0.5, 0.6) is 0 Å². The molecule has 30 heavy (non-hydrogen) atoms. The van der Waals surface area contributed by atoms with Gasteiger partial charge in [0.2, 0.25) is 0 Å². The topological polar surface area (TPSA) is 0 Å². The Morgan fingerprint density at radius 3 is 0.600 bits per heavy atom. The molecule has 0 aromatic heterocycles. The van der Waals surface area contributed by atoms with Crippen LogP contribution in [-0.2, 0) is 0 Å². The van der Waals surface area contributed by atoms with E-state index in [0.29, 0.717) is 0 Å². The molecule has 0 atom stereocenters. The molecule has 0 nitrogen and oxygen atoms in total. The second kappa shape index (κ2) is 29.5. The molecular weight excluding hydrogens is 428 g/mol. The van der Waals surface area contributed by atoms with E-state index in [9.17, 15) is 0 Å². The fourth-order valence-electron chi connectivity index (χ4n) is 4.59. The minimum atomic E-state index is 1.19. The first kappa shape index (κ1) is 30.5. The molecule has 0 radical (unpaired) electrons. The molecule has 0 unspecified atom stereocenters. The Hall–Kier alpha value is 0.480. The number of halogens is 1. The zero-order chi connectivity index (χ0) is 21.8. The summed E-state index contributed by atoms with van der Waals surface area (Å²) in [4.78, 5) is 0. The third-order valence-corrected chi connectivity index (χ3v) is 7.30. The van der Waals surface area contributed by atoms with Crippen molar-refractivity contribution in [3.05, 3.63) is 0 Å². The molecule has 0 aliphatic carbocycles. The van der Waals surface area contributed by atoms with E-state index < -0.39 is 0 Å². The fourth-order valence-corrected chi connectivity index (χ4v) is 4.98. The standard InChI is InChI=1S/C29H59Br/c1-2-3-4-5-6-7-8-9-10-11-12-13-14-15-16-17-18-19-20-21-22-23-24-25-26-27-28-29-30/h2-29H2,1H3. The second-order valence-corrected chi connectivity index (χ2v) is 10.7. The number of rotatable bonds is 27. The highest BCUT2D eigenvalue weighted by Crippen LogP contribution is 2.16. The van der Waals surface area contributed by atoms with Gasteiger partial charge in [0.15, 0.2) is 0 Å². The number of hydrogen-bond acceptors (Lipinski definition) is 0. The van der Waals surface area contributed by atoms with E-state index in [1.807, 2.05) is 0 Å². The summed E-state index contributed by atoms with van der Waals surface area (Å²) >= 11 is 3.51. The van der Waals surface area contributed by atoms with Crippen LogP contribution in [0.3, 0.4) is 0 Å².